The Morgan fingerprint density at radius 2 is 1.50 bits per heavy atom. The Bertz CT molecular complexity index is 3860. The number of hydrogen-bond acceptors (Lipinski definition) is 17. The van der Waals surface area contributed by atoms with Gasteiger partial charge in [-0.15, -0.1) is 16.7 Å². The van der Waals surface area contributed by atoms with Crippen LogP contribution in [0.2, 0.25) is 25.2 Å². The van der Waals surface area contributed by atoms with Crippen molar-refractivity contribution in [3.8, 4) is 5.69 Å². The molecule has 7 rings (SSSR count). The van der Waals surface area contributed by atoms with Gasteiger partial charge in [-0.25, -0.2) is 46.5 Å². The van der Waals surface area contributed by atoms with E-state index in [-0.39, 0.29) is 97.9 Å². The topological polar surface area (TPSA) is 300 Å². The van der Waals surface area contributed by atoms with Crippen LogP contribution < -0.4 is 22.0 Å². The fourth-order valence-electron chi connectivity index (χ4n) is 7.62. The Labute approximate surface area is 514 Å². The lowest BCUT2D eigenvalue weighted by atomic mass is 9.95. The van der Waals surface area contributed by atoms with Gasteiger partial charge in [-0.2, -0.15) is 31.7 Å². The van der Waals surface area contributed by atoms with E-state index in [2.05, 4.69) is 20.3 Å². The number of ketones is 1. The van der Waals surface area contributed by atoms with Crippen molar-refractivity contribution >= 4 is 126 Å². The number of pyridine rings is 1. The number of nitrogens with zero attached hydrogens (tertiary/aromatic N) is 7. The molecule has 4 heterocycles. The largest absolute Gasteiger partial charge is 0.476 e. The number of nitrogen functional groups attached to an aromatic ring is 1. The Hall–Kier alpha value is -7.15. The second kappa shape index (κ2) is 29.5. The van der Waals surface area contributed by atoms with Crippen LogP contribution in [0.1, 0.15) is 89.7 Å². The van der Waals surface area contributed by atoms with E-state index in [0.717, 1.165) is 22.9 Å². The smallest absolute Gasteiger partial charge is 0.416 e. The highest BCUT2D eigenvalue weighted by Crippen LogP contribution is 2.40. The van der Waals surface area contributed by atoms with Gasteiger partial charge in [-0.3, -0.25) is 24.2 Å². The Morgan fingerprint density at radius 1 is 0.884 bits per heavy atom. The molecule has 0 saturated heterocycles. The van der Waals surface area contributed by atoms with E-state index in [9.17, 15) is 68.3 Å². The lowest BCUT2D eigenvalue weighted by molar-refractivity contribution is -0.148. The van der Waals surface area contributed by atoms with Gasteiger partial charge in [0.1, 0.15) is 33.3 Å². The first kappa shape index (κ1) is 71.3. The van der Waals surface area contributed by atoms with Crippen molar-refractivity contribution in [3.05, 3.63) is 146 Å². The summed E-state index contributed by atoms with van der Waals surface area (Å²) in [5.41, 5.74) is 0.635. The van der Waals surface area contributed by atoms with Gasteiger partial charge in [0.25, 0.3) is 5.56 Å². The molecule has 0 spiro atoms. The maximum atomic E-state index is 14.2. The molecular weight excluding hydrogens is 1310 g/mol. The molecule has 2 atom stereocenters. The van der Waals surface area contributed by atoms with E-state index in [1.54, 1.807) is 45.9 Å². The number of aromatic carboxylic acids is 1. The van der Waals surface area contributed by atoms with E-state index in [1.165, 1.54) is 32.0 Å². The predicted octanol–water partition coefficient (Wildman–Crippen LogP) is 10.0. The summed E-state index contributed by atoms with van der Waals surface area (Å²) in [6.07, 6.45) is -4.12. The number of rotatable bonds is 15. The maximum Gasteiger partial charge on any atom is 0.416 e. The summed E-state index contributed by atoms with van der Waals surface area (Å²) >= 11 is 35.1. The molecule has 22 nitrogen and oxygen atoms in total. The number of benzene rings is 3. The SMILES string of the molecule is CCOC(=O)C(Cl)Cc1cc(-n2nc(C)n(C(F)F)c2=O)c(F)cc1Cl.CCOC(=O)C1=NN(c2ccc(Cl)cc2Cl)C(C)(C(=O)OCC)C1.Cc1[nH]n(C)c(=O)c1C(=O)c1ccc(C(F)(F)F)cc1S(C)(=O)=O.Nc1cc(Cl)nc(C(=O)O)c1Cl. The number of aromatic nitrogens is 6. The van der Waals surface area contributed by atoms with Crippen LogP contribution in [-0.4, -0.2) is 115 Å². The molecule has 3 aromatic carbocycles. The van der Waals surface area contributed by atoms with Crippen LogP contribution in [-0.2, 0) is 58.1 Å². The second-order valence-corrected chi connectivity index (χ2v) is 22.4. The number of carboxylic acids is 1. The molecule has 35 heteroatoms. The molecule has 1 aliphatic heterocycles. The van der Waals surface area contributed by atoms with E-state index in [0.29, 0.717) is 38.8 Å². The van der Waals surface area contributed by atoms with Crippen molar-refractivity contribution in [3.63, 3.8) is 0 Å². The minimum atomic E-state index is -4.76. The molecule has 466 valence electrons. The van der Waals surface area contributed by atoms with Gasteiger partial charge in [-0.05, 0) is 102 Å². The summed E-state index contributed by atoms with van der Waals surface area (Å²) in [6, 6.07) is 9.90. The lowest BCUT2D eigenvalue weighted by Gasteiger charge is -2.32. The van der Waals surface area contributed by atoms with Gasteiger partial charge >= 0.3 is 42.3 Å². The minimum Gasteiger partial charge on any atom is -0.476 e. The number of alkyl halides is 6. The van der Waals surface area contributed by atoms with Gasteiger partial charge in [0.15, 0.2) is 26.9 Å². The first-order chi connectivity index (χ1) is 39.9. The number of sulfone groups is 1. The molecule has 4 N–H and O–H groups in total. The average molecular weight is 1350 g/mol. The molecule has 1 aliphatic rings. The summed E-state index contributed by atoms with van der Waals surface area (Å²) in [6.45, 7) is 6.72. The Kier molecular flexibility index (Phi) is 24.5. The van der Waals surface area contributed by atoms with Crippen LogP contribution in [0.15, 0.2) is 74.2 Å². The Balaban J connectivity index is 0.000000253. The van der Waals surface area contributed by atoms with Crippen molar-refractivity contribution < 1.29 is 78.1 Å². The van der Waals surface area contributed by atoms with Crippen molar-refractivity contribution in [2.45, 2.75) is 82.9 Å². The van der Waals surface area contributed by atoms with Crippen molar-refractivity contribution in [1.82, 2.24) is 29.1 Å². The fourth-order valence-corrected chi connectivity index (χ4v) is 9.85. The third kappa shape index (κ3) is 17.1. The zero-order valence-corrected chi connectivity index (χ0v) is 51.2. The number of H-pyrrole nitrogens is 1. The number of halogens is 12. The van der Waals surface area contributed by atoms with Crippen molar-refractivity contribution in [2.24, 2.45) is 12.1 Å². The van der Waals surface area contributed by atoms with E-state index >= 15 is 0 Å². The van der Waals surface area contributed by atoms with Crippen LogP contribution in [0.3, 0.4) is 0 Å². The number of nitrogens with two attached hydrogens (primary N) is 1. The quantitative estimate of drug-likeness (QED) is 0.0215. The highest BCUT2D eigenvalue weighted by Gasteiger charge is 2.49. The monoisotopic (exact) mass is 1350 g/mol. The third-order valence-corrected chi connectivity index (χ3v) is 14.5. The zero-order chi connectivity index (χ0) is 65.2. The number of ether oxygens (including phenoxy) is 3. The third-order valence-electron chi connectivity index (χ3n) is 11.6. The first-order valence-corrected chi connectivity index (χ1v) is 28.6. The van der Waals surface area contributed by atoms with Gasteiger partial charge in [0.2, 0.25) is 5.78 Å². The average Bonchev–Trinajstić information content (AvgIpc) is 1.86. The van der Waals surface area contributed by atoms with Crippen molar-refractivity contribution in [1.29, 1.82) is 0 Å². The summed E-state index contributed by atoms with van der Waals surface area (Å²) < 4.78 is 119. The number of carboxylic acid groups (broad SMARTS) is 1. The lowest BCUT2D eigenvalue weighted by Crippen LogP contribution is -2.48. The number of anilines is 2. The van der Waals surface area contributed by atoms with E-state index in [1.807, 2.05) is 0 Å². The fraction of sp³-hybridized carbons (Fsp3) is 0.333. The van der Waals surface area contributed by atoms with Crippen molar-refractivity contribution in [2.75, 3.05) is 36.8 Å². The molecule has 3 aromatic heterocycles. The molecule has 2 unspecified atom stereocenters. The number of carbonyl (C=O) groups excluding carboxylic acids is 4. The molecule has 0 aliphatic carbocycles. The van der Waals surface area contributed by atoms with Crippen LogP contribution in [0.5, 0.6) is 0 Å². The zero-order valence-electron chi connectivity index (χ0n) is 45.9. The molecule has 86 heavy (non-hydrogen) atoms. The number of nitrogens with one attached hydrogen (secondary N) is 1. The summed E-state index contributed by atoms with van der Waals surface area (Å²) in [5, 5.41) is 20.0. The van der Waals surface area contributed by atoms with Gasteiger partial charge in [0, 0.05) is 47.4 Å². The number of esters is 3. The summed E-state index contributed by atoms with van der Waals surface area (Å²) in [4.78, 5) is 86.0. The number of carbonyl (C=O) groups is 5. The number of hydrazone groups is 1. The number of aryl methyl sites for hydroxylation is 3. The van der Waals surface area contributed by atoms with Crippen LogP contribution in [0.25, 0.3) is 5.69 Å². The molecule has 0 bridgehead atoms. The summed E-state index contributed by atoms with van der Waals surface area (Å²) in [7, 11) is -2.77. The molecule has 6 aromatic rings. The van der Waals surface area contributed by atoms with Gasteiger partial charge in [0.05, 0.1) is 51.7 Å². The molecule has 0 saturated carbocycles. The highest BCUT2D eigenvalue weighted by atomic mass is 35.5. The van der Waals surface area contributed by atoms with E-state index in [4.69, 9.17) is 94.7 Å². The van der Waals surface area contributed by atoms with Gasteiger partial charge in [-0.1, -0.05) is 58.0 Å². The first-order valence-electron chi connectivity index (χ1n) is 24.3. The Morgan fingerprint density at radius 3 is 2.01 bits per heavy atom. The molecule has 0 amide bonds. The molecule has 0 radical (unpaired) electrons. The maximum absolute atomic E-state index is 14.2. The normalized spacial score (nSPS) is 14.2. The summed E-state index contributed by atoms with van der Waals surface area (Å²) in [5.74, 6) is -5.20. The highest BCUT2D eigenvalue weighted by molar-refractivity contribution is 7.90. The van der Waals surface area contributed by atoms with Crippen LogP contribution in [0.4, 0.5) is 37.7 Å². The van der Waals surface area contributed by atoms with E-state index < -0.39 is 96.2 Å². The second-order valence-electron chi connectivity index (χ2n) is 17.8. The minimum absolute atomic E-state index is 0.00861. The molecular formula is C51H49Cl6F6N9O13S. The standard InChI is InChI=1S/C16H18Cl2N2O4.C15H14Cl2F3N3O3.C14H13F3N2O4S.C6H4Cl2N2O2/c1-4-23-14(21)12-9-16(3,15(22)24-5-2)20(19-12)13-7-6-10(17)8-11(13)18;1-3-26-13(24)10(17)4-8-5-12(11(18)6-9(8)16)23-15(25)22(14(19)20)7(2)21-23;1-7-11(13(21)19(2)18-7)12(20)9-5-4-8(14(15,16)17)6-10(9)24(3,22)23;7-3-1-2(9)4(8)5(10-3)6(11)12/h6-8H,4-5,9H2,1-3H3;5-6,10,14H,3-4H2,1-2H3;4-6,18H,1-3H3;1H,(H2,9,10)(H,11,12). The number of aromatic amines is 1. The number of hydrogen-bond donors (Lipinski definition) is 3. The van der Waals surface area contributed by atoms with Gasteiger partial charge < -0.3 is 25.1 Å². The predicted molar refractivity (Wildman–Crippen MR) is 306 cm³/mol. The van der Waals surface area contributed by atoms with Crippen LogP contribution >= 0.6 is 69.6 Å². The molecule has 0 fully saturated rings. The van der Waals surface area contributed by atoms with Crippen LogP contribution in [0, 0.1) is 19.7 Å².